The van der Waals surface area contributed by atoms with E-state index in [9.17, 15) is 26.8 Å². The lowest BCUT2D eigenvalue weighted by Gasteiger charge is -2.17. The second-order valence-corrected chi connectivity index (χ2v) is 11.9. The Labute approximate surface area is 241 Å². The number of carbonyl (C=O) groups excluding carboxylic acids is 2. The normalized spacial score (nSPS) is 11.9. The van der Waals surface area contributed by atoms with Crippen molar-refractivity contribution in [2.24, 2.45) is 0 Å². The van der Waals surface area contributed by atoms with E-state index in [0.29, 0.717) is 38.5 Å². The lowest BCUT2D eigenvalue weighted by Crippen LogP contribution is -2.29. The molecule has 0 amide bonds. The lowest BCUT2D eigenvalue weighted by atomic mass is 10.1. The van der Waals surface area contributed by atoms with Crippen LogP contribution in [0.1, 0.15) is 40.9 Å². The summed E-state index contributed by atoms with van der Waals surface area (Å²) >= 11 is 5.97. The molecule has 7 nitrogen and oxygen atoms in total. The van der Waals surface area contributed by atoms with Crippen LogP contribution in [0.2, 0.25) is 5.02 Å². The van der Waals surface area contributed by atoms with Gasteiger partial charge in [-0.05, 0) is 79.9 Å². The van der Waals surface area contributed by atoms with Gasteiger partial charge in [-0.25, -0.2) is 8.42 Å². The Morgan fingerprint density at radius 3 is 2.32 bits per heavy atom. The minimum atomic E-state index is -4.83. The second-order valence-electron chi connectivity index (χ2n) is 9.40. The molecule has 1 heterocycles. The van der Waals surface area contributed by atoms with Gasteiger partial charge in [0, 0.05) is 28.1 Å². The van der Waals surface area contributed by atoms with Crippen LogP contribution in [0.5, 0.6) is 5.75 Å². The molecule has 216 valence electrons. The van der Waals surface area contributed by atoms with Crippen LogP contribution in [0.3, 0.4) is 0 Å². The maximum atomic E-state index is 14.5. The highest BCUT2D eigenvalue weighted by atomic mass is 35.5. The topological polar surface area (TPSA) is 91.7 Å². The fourth-order valence-corrected chi connectivity index (χ4v) is 5.92. The minimum Gasteiger partial charge on any atom is -0.497 e. The van der Waals surface area contributed by atoms with Crippen molar-refractivity contribution in [3.63, 3.8) is 0 Å². The van der Waals surface area contributed by atoms with Gasteiger partial charge < -0.3 is 9.47 Å². The Morgan fingerprint density at radius 2 is 1.66 bits per heavy atom. The van der Waals surface area contributed by atoms with E-state index in [2.05, 4.69) is 0 Å². The molecule has 4 rings (SSSR count). The van der Waals surface area contributed by atoms with E-state index in [1.165, 1.54) is 23.8 Å². The summed E-state index contributed by atoms with van der Waals surface area (Å²) in [5.74, 6) is -0.382. The third-order valence-corrected chi connectivity index (χ3v) is 8.86. The average Bonchev–Trinajstić information content (AvgIpc) is 3.23. The van der Waals surface area contributed by atoms with Crippen LogP contribution >= 0.6 is 11.6 Å². The van der Waals surface area contributed by atoms with Crippen LogP contribution < -0.4 is 4.74 Å². The number of carbonyl (C=O) groups is 2. The first-order valence-corrected chi connectivity index (χ1v) is 14.6. The summed E-state index contributed by atoms with van der Waals surface area (Å²) in [7, 11) is -3.32. The van der Waals surface area contributed by atoms with Gasteiger partial charge in [0.1, 0.15) is 5.75 Å². The zero-order valence-electron chi connectivity index (χ0n) is 22.4. The Morgan fingerprint density at radius 1 is 0.976 bits per heavy atom. The van der Waals surface area contributed by atoms with Crippen LogP contribution in [0, 0.1) is 6.92 Å². The molecule has 0 saturated carbocycles. The molecule has 0 aliphatic rings. The summed E-state index contributed by atoms with van der Waals surface area (Å²) in [6.45, 7) is 1.56. The molecular weight excluding hydrogens is 576 g/mol. The van der Waals surface area contributed by atoms with Crippen molar-refractivity contribution in [1.82, 2.24) is 4.57 Å². The molecule has 0 N–H and O–H groups in total. The number of rotatable bonds is 11. The van der Waals surface area contributed by atoms with E-state index in [4.69, 9.17) is 21.1 Å². The smallest absolute Gasteiger partial charge is 0.350 e. The summed E-state index contributed by atoms with van der Waals surface area (Å²) in [5, 5.41) is -2.83. The van der Waals surface area contributed by atoms with Crippen molar-refractivity contribution < 1.29 is 36.3 Å². The first kappa shape index (κ1) is 30.2. The Balaban J connectivity index is 1.43. The van der Waals surface area contributed by atoms with E-state index in [1.807, 2.05) is 0 Å². The van der Waals surface area contributed by atoms with Gasteiger partial charge in [-0.15, -0.1) is 0 Å². The SMILES string of the molecule is COc1ccc2c(c1)c(CC(=O)OCCCCC(F)(F)S(=O)(=O)c1ccccc1)c(C)n2C(=O)c1ccc(Cl)cc1. The van der Waals surface area contributed by atoms with Gasteiger partial charge in [0.15, 0.2) is 0 Å². The second kappa shape index (κ2) is 12.4. The standard InChI is InChI=1S/C30H28ClF2NO6S/c1-20-25(19-28(35)40-17-7-6-16-30(32,33)41(37,38)24-8-4-3-5-9-24)26-18-23(39-2)14-15-27(26)34(20)29(36)21-10-12-22(31)13-11-21/h3-5,8-15,18H,6-7,16-17,19H2,1-2H3. The summed E-state index contributed by atoms with van der Waals surface area (Å²) in [4.78, 5) is 25.7. The zero-order chi connectivity index (χ0) is 29.8. The van der Waals surface area contributed by atoms with Crippen molar-refractivity contribution in [2.75, 3.05) is 13.7 Å². The quantitative estimate of drug-likeness (QED) is 0.141. The molecule has 0 aliphatic heterocycles. The van der Waals surface area contributed by atoms with Crippen LogP contribution in [0.15, 0.2) is 77.7 Å². The molecule has 0 radical (unpaired) electrons. The fraction of sp³-hybridized carbons (Fsp3) is 0.267. The molecule has 0 fully saturated rings. The number of methoxy groups -OCH3 is 1. The van der Waals surface area contributed by atoms with Crippen molar-refractivity contribution >= 4 is 44.2 Å². The van der Waals surface area contributed by atoms with Gasteiger partial charge in [-0.1, -0.05) is 29.8 Å². The lowest BCUT2D eigenvalue weighted by molar-refractivity contribution is -0.143. The first-order valence-electron chi connectivity index (χ1n) is 12.8. The van der Waals surface area contributed by atoms with E-state index >= 15 is 0 Å². The molecular formula is C30H28ClF2NO6S. The number of alkyl halides is 2. The summed E-state index contributed by atoms with van der Waals surface area (Å²) in [5.41, 5.74) is 2.08. The molecule has 41 heavy (non-hydrogen) atoms. The maximum Gasteiger partial charge on any atom is 0.350 e. The van der Waals surface area contributed by atoms with Crippen LogP contribution in [-0.2, 0) is 25.8 Å². The molecule has 0 saturated heterocycles. The van der Waals surface area contributed by atoms with Gasteiger partial charge >= 0.3 is 11.2 Å². The largest absolute Gasteiger partial charge is 0.497 e. The van der Waals surface area contributed by atoms with E-state index in [0.717, 1.165) is 12.1 Å². The van der Waals surface area contributed by atoms with Crippen LogP contribution in [0.25, 0.3) is 10.9 Å². The number of aromatic nitrogens is 1. The molecule has 0 atom stereocenters. The van der Waals surface area contributed by atoms with Crippen LogP contribution in [-0.4, -0.2) is 43.8 Å². The monoisotopic (exact) mass is 603 g/mol. The number of halogens is 3. The third kappa shape index (κ3) is 6.44. The Kier molecular flexibility index (Phi) is 9.14. The molecule has 0 unspecified atom stereocenters. The third-order valence-electron chi connectivity index (χ3n) is 6.73. The number of hydrogen-bond acceptors (Lipinski definition) is 6. The van der Waals surface area contributed by atoms with Gasteiger partial charge in [0.25, 0.3) is 5.91 Å². The minimum absolute atomic E-state index is 0.0509. The number of ether oxygens (including phenoxy) is 2. The molecule has 0 aliphatic carbocycles. The fourth-order valence-electron chi connectivity index (χ4n) is 4.52. The number of sulfone groups is 1. The molecule has 1 aromatic heterocycles. The van der Waals surface area contributed by atoms with Crippen molar-refractivity contribution in [3.05, 3.63) is 94.6 Å². The number of nitrogens with zero attached hydrogens (tertiary/aromatic N) is 1. The predicted octanol–water partition coefficient (Wildman–Crippen LogP) is 6.62. The number of benzene rings is 3. The van der Waals surface area contributed by atoms with Crippen molar-refractivity contribution in [1.29, 1.82) is 0 Å². The van der Waals surface area contributed by atoms with E-state index in [1.54, 1.807) is 55.5 Å². The number of esters is 1. The van der Waals surface area contributed by atoms with Crippen LogP contribution in [0.4, 0.5) is 8.78 Å². The maximum absolute atomic E-state index is 14.5. The van der Waals surface area contributed by atoms with E-state index in [-0.39, 0.29) is 31.8 Å². The highest BCUT2D eigenvalue weighted by Gasteiger charge is 2.45. The van der Waals surface area contributed by atoms with Gasteiger partial charge in [-0.2, -0.15) is 8.78 Å². The number of unbranched alkanes of at least 4 members (excludes halogenated alkanes) is 1. The van der Waals surface area contributed by atoms with Gasteiger partial charge in [0.2, 0.25) is 9.84 Å². The van der Waals surface area contributed by atoms with E-state index < -0.39 is 32.4 Å². The summed E-state index contributed by atoms with van der Waals surface area (Å²) < 4.78 is 65.7. The highest BCUT2D eigenvalue weighted by molar-refractivity contribution is 7.92. The first-order chi connectivity index (χ1) is 19.5. The zero-order valence-corrected chi connectivity index (χ0v) is 24.0. The molecule has 3 aromatic carbocycles. The molecule has 11 heteroatoms. The summed E-state index contributed by atoms with van der Waals surface area (Å²) in [6, 6.07) is 18.2. The predicted molar refractivity (Wildman–Crippen MR) is 151 cm³/mol. The number of fused-ring (bicyclic) bond motifs is 1. The highest BCUT2D eigenvalue weighted by Crippen LogP contribution is 2.34. The molecule has 4 aromatic rings. The average molecular weight is 604 g/mol. The molecule has 0 bridgehead atoms. The van der Waals surface area contributed by atoms with Gasteiger partial charge in [0.05, 0.1) is 30.5 Å². The molecule has 0 spiro atoms. The number of hydrogen-bond donors (Lipinski definition) is 0. The Hall–Kier alpha value is -3.76. The summed E-state index contributed by atoms with van der Waals surface area (Å²) in [6.07, 6.45) is -1.19. The Bertz CT molecular complexity index is 1670. The van der Waals surface area contributed by atoms with Gasteiger partial charge in [-0.3, -0.25) is 14.2 Å². The van der Waals surface area contributed by atoms with Crippen molar-refractivity contribution in [3.8, 4) is 5.75 Å². The van der Waals surface area contributed by atoms with Crippen molar-refractivity contribution in [2.45, 2.75) is 42.8 Å².